The summed E-state index contributed by atoms with van der Waals surface area (Å²) in [5, 5.41) is 0. The Balaban J connectivity index is 1.80. The minimum absolute atomic E-state index is 0.0130. The molecule has 1 aliphatic heterocycles. The van der Waals surface area contributed by atoms with Crippen LogP contribution in [-0.4, -0.2) is 17.5 Å². The van der Waals surface area contributed by atoms with Gasteiger partial charge in [-0.05, 0) is 42.8 Å². The molecule has 0 aliphatic carbocycles. The molecule has 0 spiro atoms. The van der Waals surface area contributed by atoms with Gasteiger partial charge in [-0.1, -0.05) is 60.7 Å². The molecular formula is C24H18N2O2. The van der Waals surface area contributed by atoms with Crippen molar-refractivity contribution in [2.24, 2.45) is 4.99 Å². The second kappa shape index (κ2) is 7.45. The Hall–Kier alpha value is -3.79. The number of carbonyl (C=O) groups excluding carboxylic acids is 2. The largest absolute Gasteiger partial charge is 0.295 e. The lowest BCUT2D eigenvalue weighted by Gasteiger charge is -2.18. The zero-order valence-corrected chi connectivity index (χ0v) is 15.4. The molecule has 1 aliphatic rings. The van der Waals surface area contributed by atoms with Gasteiger partial charge in [0.05, 0.1) is 5.69 Å². The summed E-state index contributed by atoms with van der Waals surface area (Å²) >= 11 is 0. The first-order chi connectivity index (χ1) is 13.6. The molecule has 0 atom stereocenters. The van der Waals surface area contributed by atoms with E-state index in [1.165, 1.54) is 6.92 Å². The first-order valence-corrected chi connectivity index (χ1v) is 9.00. The van der Waals surface area contributed by atoms with Crippen molar-refractivity contribution in [3.8, 4) is 0 Å². The Kier molecular flexibility index (Phi) is 4.68. The quantitative estimate of drug-likeness (QED) is 0.495. The normalized spacial score (nSPS) is 15.0. The van der Waals surface area contributed by atoms with E-state index in [-0.39, 0.29) is 11.7 Å². The predicted molar refractivity (Wildman–Crippen MR) is 111 cm³/mol. The third-order valence-corrected chi connectivity index (χ3v) is 4.53. The Bertz CT molecular complexity index is 1080. The number of hydrogen-bond donors (Lipinski definition) is 0. The van der Waals surface area contributed by atoms with E-state index in [0.717, 1.165) is 11.1 Å². The van der Waals surface area contributed by atoms with Gasteiger partial charge in [-0.25, -0.2) is 4.99 Å². The maximum atomic E-state index is 13.2. The fourth-order valence-electron chi connectivity index (χ4n) is 3.09. The van der Waals surface area contributed by atoms with Crippen LogP contribution in [0.3, 0.4) is 0 Å². The number of ketones is 1. The van der Waals surface area contributed by atoms with Crippen molar-refractivity contribution < 1.29 is 9.59 Å². The number of nitrogens with zero attached hydrogens (tertiary/aromatic N) is 2. The zero-order chi connectivity index (χ0) is 19.5. The van der Waals surface area contributed by atoms with E-state index in [4.69, 9.17) is 0 Å². The number of anilines is 1. The van der Waals surface area contributed by atoms with E-state index in [1.54, 1.807) is 35.2 Å². The van der Waals surface area contributed by atoms with Crippen molar-refractivity contribution in [2.75, 3.05) is 4.90 Å². The Morgan fingerprint density at radius 3 is 2.07 bits per heavy atom. The number of Topliss-reactive ketones (excluding diaryl/α,β-unsaturated/α-hetero) is 1. The summed E-state index contributed by atoms with van der Waals surface area (Å²) in [5.41, 5.74) is 3.42. The van der Waals surface area contributed by atoms with E-state index in [1.807, 2.05) is 60.7 Å². The highest BCUT2D eigenvalue weighted by Crippen LogP contribution is 2.28. The molecule has 4 rings (SSSR count). The number of hydrogen-bond acceptors (Lipinski definition) is 3. The lowest BCUT2D eigenvalue weighted by molar-refractivity contribution is -0.113. The number of benzene rings is 3. The molecule has 3 aromatic rings. The molecule has 0 N–H and O–H groups in total. The summed E-state index contributed by atoms with van der Waals surface area (Å²) in [7, 11) is 0. The first kappa shape index (κ1) is 17.6. The molecule has 4 heteroatoms. The van der Waals surface area contributed by atoms with Crippen LogP contribution < -0.4 is 4.90 Å². The van der Waals surface area contributed by atoms with E-state index in [2.05, 4.69) is 4.99 Å². The standard InChI is InChI=1S/C24H18N2O2/c1-17(27)19-12-14-21(15-13-19)26-23(20-10-6-3-7-11-20)25-22(24(26)28)16-18-8-4-2-5-9-18/h2-16H,1H3. The summed E-state index contributed by atoms with van der Waals surface area (Å²) in [4.78, 5) is 31.0. The van der Waals surface area contributed by atoms with Gasteiger partial charge >= 0.3 is 0 Å². The van der Waals surface area contributed by atoms with Gasteiger partial charge in [0.2, 0.25) is 0 Å². The minimum Gasteiger partial charge on any atom is -0.295 e. The highest BCUT2D eigenvalue weighted by molar-refractivity contribution is 6.33. The van der Waals surface area contributed by atoms with Gasteiger partial charge < -0.3 is 0 Å². The monoisotopic (exact) mass is 366 g/mol. The average Bonchev–Trinajstić information content (AvgIpc) is 3.05. The van der Waals surface area contributed by atoms with Gasteiger partial charge in [-0.3, -0.25) is 14.5 Å². The van der Waals surface area contributed by atoms with Crippen molar-refractivity contribution in [1.29, 1.82) is 0 Å². The molecule has 136 valence electrons. The summed E-state index contributed by atoms with van der Waals surface area (Å²) in [6.45, 7) is 1.52. The van der Waals surface area contributed by atoms with E-state index < -0.39 is 0 Å². The van der Waals surface area contributed by atoms with Crippen molar-refractivity contribution in [3.05, 3.63) is 107 Å². The number of amidine groups is 1. The Labute approximate surface area is 163 Å². The number of carbonyl (C=O) groups is 2. The lowest BCUT2D eigenvalue weighted by Crippen LogP contribution is -2.32. The maximum Gasteiger partial charge on any atom is 0.282 e. The number of amides is 1. The molecule has 0 saturated carbocycles. The van der Waals surface area contributed by atoms with Crippen LogP contribution in [0.1, 0.15) is 28.4 Å². The Morgan fingerprint density at radius 2 is 1.46 bits per heavy atom. The molecule has 3 aromatic carbocycles. The molecule has 0 saturated heterocycles. The highest BCUT2D eigenvalue weighted by atomic mass is 16.2. The van der Waals surface area contributed by atoms with E-state index >= 15 is 0 Å². The first-order valence-electron chi connectivity index (χ1n) is 9.00. The van der Waals surface area contributed by atoms with Crippen molar-refractivity contribution in [2.45, 2.75) is 6.92 Å². The third-order valence-electron chi connectivity index (χ3n) is 4.53. The molecule has 1 heterocycles. The van der Waals surface area contributed by atoms with Gasteiger partial charge in [0.1, 0.15) is 11.5 Å². The van der Waals surface area contributed by atoms with Crippen LogP contribution in [0, 0.1) is 0 Å². The molecule has 0 fully saturated rings. The van der Waals surface area contributed by atoms with Gasteiger partial charge in [0.25, 0.3) is 5.91 Å². The molecule has 1 amide bonds. The fraction of sp³-hybridized carbons (Fsp3) is 0.0417. The lowest BCUT2D eigenvalue weighted by atomic mass is 10.1. The summed E-state index contributed by atoms with van der Waals surface area (Å²) in [5.74, 6) is 0.363. The second-order valence-corrected chi connectivity index (χ2v) is 6.49. The Morgan fingerprint density at radius 1 is 0.857 bits per heavy atom. The van der Waals surface area contributed by atoms with Gasteiger partial charge in [-0.15, -0.1) is 0 Å². The summed E-state index contributed by atoms with van der Waals surface area (Å²) in [6.07, 6.45) is 1.79. The van der Waals surface area contributed by atoms with E-state index in [9.17, 15) is 9.59 Å². The van der Waals surface area contributed by atoms with Crippen molar-refractivity contribution in [1.82, 2.24) is 0 Å². The van der Waals surface area contributed by atoms with Crippen LogP contribution in [0.15, 0.2) is 95.6 Å². The number of aliphatic imine (C=N–C) groups is 1. The smallest absolute Gasteiger partial charge is 0.282 e. The van der Waals surface area contributed by atoms with Gasteiger partial charge in [-0.2, -0.15) is 0 Å². The second-order valence-electron chi connectivity index (χ2n) is 6.49. The topological polar surface area (TPSA) is 49.7 Å². The van der Waals surface area contributed by atoms with Crippen molar-refractivity contribution in [3.63, 3.8) is 0 Å². The molecule has 28 heavy (non-hydrogen) atoms. The minimum atomic E-state index is -0.196. The maximum absolute atomic E-state index is 13.2. The van der Waals surface area contributed by atoms with Crippen LogP contribution in [-0.2, 0) is 4.79 Å². The summed E-state index contributed by atoms with van der Waals surface area (Å²) in [6, 6.07) is 26.3. The highest BCUT2D eigenvalue weighted by Gasteiger charge is 2.32. The summed E-state index contributed by atoms with van der Waals surface area (Å²) < 4.78 is 0. The third kappa shape index (κ3) is 3.40. The average molecular weight is 366 g/mol. The fourth-order valence-corrected chi connectivity index (χ4v) is 3.09. The van der Waals surface area contributed by atoms with E-state index in [0.29, 0.717) is 22.8 Å². The predicted octanol–water partition coefficient (Wildman–Crippen LogP) is 4.72. The van der Waals surface area contributed by atoms with Crippen LogP contribution >= 0.6 is 0 Å². The molecular weight excluding hydrogens is 348 g/mol. The molecule has 4 nitrogen and oxygen atoms in total. The molecule has 0 unspecified atom stereocenters. The van der Waals surface area contributed by atoms with Gasteiger partial charge in [0.15, 0.2) is 5.78 Å². The molecule has 0 aromatic heterocycles. The van der Waals surface area contributed by atoms with Crippen LogP contribution in [0.4, 0.5) is 5.69 Å². The number of rotatable bonds is 4. The molecule has 0 bridgehead atoms. The SMILES string of the molecule is CC(=O)c1ccc(N2C(=O)C(=Cc3ccccc3)N=C2c2ccccc2)cc1. The zero-order valence-electron chi connectivity index (χ0n) is 15.4. The molecule has 0 radical (unpaired) electrons. The van der Waals surface area contributed by atoms with Gasteiger partial charge in [0, 0.05) is 11.1 Å². The van der Waals surface area contributed by atoms with Crippen LogP contribution in [0.5, 0.6) is 0 Å². The van der Waals surface area contributed by atoms with Crippen LogP contribution in [0.25, 0.3) is 6.08 Å². The van der Waals surface area contributed by atoms with Crippen molar-refractivity contribution >= 4 is 29.3 Å². The van der Waals surface area contributed by atoms with Crippen LogP contribution in [0.2, 0.25) is 0 Å².